The normalized spacial score (nSPS) is 17.8. The molecule has 1 atom stereocenters. The summed E-state index contributed by atoms with van der Waals surface area (Å²) in [5, 5.41) is 0.958. The van der Waals surface area contributed by atoms with Crippen LogP contribution in [0.15, 0.2) is 42.5 Å². The Kier molecular flexibility index (Phi) is 4.62. The Labute approximate surface area is 142 Å². The van der Waals surface area contributed by atoms with Crippen molar-refractivity contribution in [1.82, 2.24) is 4.90 Å². The molecule has 22 heavy (non-hydrogen) atoms. The number of carbonyl (C=O) groups excluding carboxylic acids is 1. The van der Waals surface area contributed by atoms with Gasteiger partial charge < -0.3 is 4.90 Å². The maximum Gasteiger partial charge on any atom is 0.255 e. The fraction of sp³-hybridized carbons (Fsp3) is 0.188. The van der Waals surface area contributed by atoms with Crippen molar-refractivity contribution in [3.63, 3.8) is 0 Å². The van der Waals surface area contributed by atoms with E-state index in [2.05, 4.69) is 0 Å². The first-order valence-electron chi connectivity index (χ1n) is 6.69. The first-order valence-corrected chi connectivity index (χ1v) is 8.50. The molecule has 0 saturated carbocycles. The van der Waals surface area contributed by atoms with E-state index in [1.165, 1.54) is 24.3 Å². The average Bonchev–Trinajstić information content (AvgIpc) is 2.96. The van der Waals surface area contributed by atoms with Gasteiger partial charge in [0.25, 0.3) is 5.91 Å². The lowest BCUT2D eigenvalue weighted by Gasteiger charge is -2.25. The molecule has 1 fully saturated rings. The zero-order chi connectivity index (χ0) is 15.7. The Morgan fingerprint density at radius 1 is 1.18 bits per heavy atom. The summed E-state index contributed by atoms with van der Waals surface area (Å²) in [5.74, 6) is 0.349. The van der Waals surface area contributed by atoms with Crippen LogP contribution in [0.2, 0.25) is 10.0 Å². The van der Waals surface area contributed by atoms with Crippen molar-refractivity contribution in [2.75, 3.05) is 12.3 Å². The predicted molar refractivity (Wildman–Crippen MR) is 89.1 cm³/mol. The summed E-state index contributed by atoms with van der Waals surface area (Å²) < 4.78 is 13.0. The lowest BCUT2D eigenvalue weighted by Crippen LogP contribution is -2.30. The molecule has 0 bridgehead atoms. The Bertz CT molecular complexity index is 708. The minimum absolute atomic E-state index is 0.124. The molecular weight excluding hydrogens is 344 g/mol. The van der Waals surface area contributed by atoms with E-state index in [0.29, 0.717) is 22.2 Å². The van der Waals surface area contributed by atoms with Crippen molar-refractivity contribution in [2.24, 2.45) is 0 Å². The molecule has 1 aliphatic heterocycles. The number of hydrogen-bond acceptors (Lipinski definition) is 2. The van der Waals surface area contributed by atoms with Gasteiger partial charge >= 0.3 is 0 Å². The van der Waals surface area contributed by atoms with Gasteiger partial charge in [-0.15, -0.1) is 11.8 Å². The Balaban J connectivity index is 1.89. The first kappa shape index (κ1) is 15.7. The Hall–Kier alpha value is -1.23. The summed E-state index contributed by atoms with van der Waals surface area (Å²) in [6, 6.07) is 10.9. The average molecular weight is 356 g/mol. The highest BCUT2D eigenvalue weighted by molar-refractivity contribution is 7.99. The smallest absolute Gasteiger partial charge is 0.255 e. The third-order valence-electron chi connectivity index (χ3n) is 3.47. The molecule has 2 nitrogen and oxygen atoms in total. The van der Waals surface area contributed by atoms with Crippen LogP contribution in [-0.2, 0) is 0 Å². The molecule has 0 aromatic heterocycles. The number of amides is 1. The van der Waals surface area contributed by atoms with Crippen LogP contribution in [0.4, 0.5) is 4.39 Å². The van der Waals surface area contributed by atoms with E-state index in [9.17, 15) is 9.18 Å². The van der Waals surface area contributed by atoms with E-state index in [4.69, 9.17) is 23.2 Å². The molecule has 1 amide bonds. The molecule has 1 aliphatic rings. The zero-order valence-corrected chi connectivity index (χ0v) is 13.8. The van der Waals surface area contributed by atoms with E-state index >= 15 is 0 Å². The lowest BCUT2D eigenvalue weighted by atomic mass is 10.1. The van der Waals surface area contributed by atoms with Crippen LogP contribution in [-0.4, -0.2) is 23.1 Å². The second kappa shape index (κ2) is 6.49. The summed E-state index contributed by atoms with van der Waals surface area (Å²) in [5.41, 5.74) is 1.34. The molecule has 3 rings (SSSR count). The minimum Gasteiger partial charge on any atom is -0.322 e. The fourth-order valence-electron chi connectivity index (χ4n) is 2.40. The topological polar surface area (TPSA) is 20.3 Å². The van der Waals surface area contributed by atoms with Crippen LogP contribution in [0.1, 0.15) is 21.3 Å². The third kappa shape index (κ3) is 3.09. The molecule has 0 N–H and O–H groups in total. The second-order valence-corrected chi connectivity index (χ2v) is 6.93. The van der Waals surface area contributed by atoms with Gasteiger partial charge in [0.05, 0.1) is 0 Å². The quantitative estimate of drug-likeness (QED) is 0.753. The van der Waals surface area contributed by atoms with Crippen LogP contribution in [0.5, 0.6) is 0 Å². The molecule has 2 aromatic carbocycles. The highest BCUT2D eigenvalue weighted by atomic mass is 35.5. The van der Waals surface area contributed by atoms with E-state index in [1.807, 2.05) is 6.07 Å². The van der Waals surface area contributed by atoms with Crippen LogP contribution in [0, 0.1) is 5.82 Å². The fourth-order valence-corrected chi connectivity index (χ4v) is 4.26. The molecule has 1 heterocycles. The van der Waals surface area contributed by atoms with Crippen molar-refractivity contribution in [3.8, 4) is 0 Å². The van der Waals surface area contributed by atoms with Crippen molar-refractivity contribution < 1.29 is 9.18 Å². The van der Waals surface area contributed by atoms with Gasteiger partial charge in [-0.05, 0) is 36.4 Å². The van der Waals surface area contributed by atoms with E-state index in [-0.39, 0.29) is 17.1 Å². The van der Waals surface area contributed by atoms with Crippen LogP contribution in [0.3, 0.4) is 0 Å². The largest absolute Gasteiger partial charge is 0.322 e. The number of thioether (sulfide) groups is 1. The Morgan fingerprint density at radius 2 is 1.91 bits per heavy atom. The molecule has 0 radical (unpaired) electrons. The number of benzene rings is 2. The van der Waals surface area contributed by atoms with Gasteiger partial charge in [0, 0.05) is 33.5 Å². The van der Waals surface area contributed by atoms with Crippen molar-refractivity contribution in [1.29, 1.82) is 0 Å². The van der Waals surface area contributed by atoms with Crippen molar-refractivity contribution in [3.05, 3.63) is 69.5 Å². The van der Waals surface area contributed by atoms with Crippen molar-refractivity contribution >= 4 is 40.9 Å². The summed E-state index contributed by atoms with van der Waals surface area (Å²) >= 11 is 13.8. The summed E-state index contributed by atoms with van der Waals surface area (Å²) in [7, 11) is 0. The molecular formula is C16H12Cl2FNOS. The van der Waals surface area contributed by atoms with Crippen LogP contribution < -0.4 is 0 Å². The standard InChI is InChI=1S/C16H12Cl2FNOS/c17-11-3-6-13(14(18)9-11)16-20(7-8-22-16)15(21)10-1-4-12(19)5-2-10/h1-6,9,16H,7-8H2/t16-/m0/s1. The predicted octanol–water partition coefficient (Wildman–Crippen LogP) is 5.02. The number of halogens is 3. The molecule has 0 unspecified atom stereocenters. The number of hydrogen-bond donors (Lipinski definition) is 0. The molecule has 0 spiro atoms. The highest BCUT2D eigenvalue weighted by Gasteiger charge is 2.32. The van der Waals surface area contributed by atoms with Gasteiger partial charge in [0.15, 0.2) is 0 Å². The Morgan fingerprint density at radius 3 is 2.59 bits per heavy atom. The summed E-state index contributed by atoms with van der Waals surface area (Å²) in [6.45, 7) is 0.629. The molecule has 2 aromatic rings. The summed E-state index contributed by atoms with van der Waals surface area (Å²) in [6.07, 6.45) is 0. The highest BCUT2D eigenvalue weighted by Crippen LogP contribution is 2.42. The number of rotatable bonds is 2. The SMILES string of the molecule is O=C(c1ccc(F)cc1)N1CCS[C@H]1c1ccc(Cl)cc1Cl. The molecule has 114 valence electrons. The molecule has 0 aliphatic carbocycles. The first-order chi connectivity index (χ1) is 10.6. The number of carbonyl (C=O) groups is 1. The zero-order valence-electron chi connectivity index (χ0n) is 11.4. The van der Waals surface area contributed by atoms with Gasteiger partial charge in [-0.3, -0.25) is 4.79 Å². The van der Waals surface area contributed by atoms with Crippen LogP contribution >= 0.6 is 35.0 Å². The molecule has 6 heteroatoms. The van der Waals surface area contributed by atoms with Gasteiger partial charge in [-0.1, -0.05) is 29.3 Å². The molecule has 1 saturated heterocycles. The second-order valence-electron chi connectivity index (χ2n) is 4.89. The maximum atomic E-state index is 13.0. The van der Waals surface area contributed by atoms with Gasteiger partial charge in [-0.2, -0.15) is 0 Å². The van der Waals surface area contributed by atoms with Gasteiger partial charge in [0.2, 0.25) is 0 Å². The van der Waals surface area contributed by atoms with E-state index in [1.54, 1.807) is 28.8 Å². The number of nitrogens with zero attached hydrogens (tertiary/aromatic N) is 1. The summed E-state index contributed by atoms with van der Waals surface area (Å²) in [4.78, 5) is 14.4. The monoisotopic (exact) mass is 355 g/mol. The third-order valence-corrected chi connectivity index (χ3v) is 5.28. The van der Waals surface area contributed by atoms with Gasteiger partial charge in [-0.25, -0.2) is 4.39 Å². The van der Waals surface area contributed by atoms with E-state index in [0.717, 1.165) is 11.3 Å². The lowest BCUT2D eigenvalue weighted by molar-refractivity contribution is 0.0760. The van der Waals surface area contributed by atoms with Crippen LogP contribution in [0.25, 0.3) is 0 Å². The van der Waals surface area contributed by atoms with Crippen molar-refractivity contribution in [2.45, 2.75) is 5.37 Å². The minimum atomic E-state index is -0.357. The maximum absolute atomic E-state index is 13.0. The van der Waals surface area contributed by atoms with E-state index < -0.39 is 0 Å². The van der Waals surface area contributed by atoms with Gasteiger partial charge in [0.1, 0.15) is 11.2 Å².